The van der Waals surface area contributed by atoms with Gasteiger partial charge >= 0.3 is 0 Å². The molecule has 0 spiro atoms. The zero-order valence-corrected chi connectivity index (χ0v) is 9.40. The van der Waals surface area contributed by atoms with Gasteiger partial charge in [0.2, 0.25) is 11.8 Å². The van der Waals surface area contributed by atoms with Crippen molar-refractivity contribution in [3.05, 3.63) is 0 Å². The van der Waals surface area contributed by atoms with Crippen molar-refractivity contribution < 1.29 is 14.7 Å². The molecule has 0 radical (unpaired) electrons. The van der Waals surface area contributed by atoms with E-state index in [0.29, 0.717) is 12.8 Å². The quantitative estimate of drug-likeness (QED) is 0.710. The second-order valence-corrected chi connectivity index (χ2v) is 4.36. The van der Waals surface area contributed by atoms with Crippen molar-refractivity contribution in [3.63, 3.8) is 0 Å². The van der Waals surface area contributed by atoms with E-state index in [0.717, 1.165) is 12.8 Å². The van der Waals surface area contributed by atoms with Crippen molar-refractivity contribution in [3.8, 4) is 0 Å². The van der Waals surface area contributed by atoms with Gasteiger partial charge in [0.25, 0.3) is 0 Å². The van der Waals surface area contributed by atoms with E-state index in [-0.39, 0.29) is 30.4 Å². The van der Waals surface area contributed by atoms with Crippen LogP contribution in [0.5, 0.6) is 0 Å². The maximum Gasteiger partial charge on any atom is 0.229 e. The van der Waals surface area contributed by atoms with E-state index >= 15 is 0 Å². The van der Waals surface area contributed by atoms with Gasteiger partial charge in [-0.3, -0.25) is 14.5 Å². The van der Waals surface area contributed by atoms with Crippen LogP contribution in [0.1, 0.15) is 39.5 Å². The SMILES string of the molecule is CC(C)[C@H](CO)N1C(=O)CCCCC1=O. The molecule has 1 aliphatic heterocycles. The van der Waals surface area contributed by atoms with Crippen LogP contribution in [-0.4, -0.2) is 34.5 Å². The molecular weight excluding hydrogens is 194 g/mol. The van der Waals surface area contributed by atoms with Gasteiger partial charge in [-0.1, -0.05) is 13.8 Å². The highest BCUT2D eigenvalue weighted by atomic mass is 16.3. The molecule has 1 aliphatic rings. The Morgan fingerprint density at radius 2 is 1.67 bits per heavy atom. The van der Waals surface area contributed by atoms with Crippen molar-refractivity contribution in [1.29, 1.82) is 0 Å². The molecule has 1 heterocycles. The van der Waals surface area contributed by atoms with Gasteiger partial charge in [-0.05, 0) is 18.8 Å². The van der Waals surface area contributed by atoms with E-state index in [4.69, 9.17) is 0 Å². The third-order valence-electron chi connectivity index (χ3n) is 2.86. The summed E-state index contributed by atoms with van der Waals surface area (Å²) in [6.07, 6.45) is 2.40. The van der Waals surface area contributed by atoms with E-state index in [1.54, 1.807) is 0 Å². The Labute approximate surface area is 90.3 Å². The molecule has 4 nitrogen and oxygen atoms in total. The third kappa shape index (κ3) is 2.78. The Kier molecular flexibility index (Phi) is 4.27. The first-order valence-corrected chi connectivity index (χ1v) is 5.53. The number of aliphatic hydroxyl groups excluding tert-OH is 1. The number of nitrogens with zero attached hydrogens (tertiary/aromatic N) is 1. The number of hydrogen-bond acceptors (Lipinski definition) is 3. The smallest absolute Gasteiger partial charge is 0.229 e. The molecule has 1 atom stereocenters. The summed E-state index contributed by atoms with van der Waals surface area (Å²) >= 11 is 0. The summed E-state index contributed by atoms with van der Waals surface area (Å²) in [4.78, 5) is 24.7. The fourth-order valence-electron chi connectivity index (χ4n) is 1.89. The molecule has 86 valence electrons. The molecule has 1 N–H and O–H groups in total. The van der Waals surface area contributed by atoms with Gasteiger partial charge in [-0.25, -0.2) is 0 Å². The minimum Gasteiger partial charge on any atom is -0.394 e. The number of carbonyl (C=O) groups excluding carboxylic acids is 2. The molecule has 0 aromatic heterocycles. The second kappa shape index (κ2) is 5.26. The van der Waals surface area contributed by atoms with Crippen molar-refractivity contribution in [2.45, 2.75) is 45.6 Å². The summed E-state index contributed by atoms with van der Waals surface area (Å²) in [6.45, 7) is 3.67. The Morgan fingerprint density at radius 3 is 2.00 bits per heavy atom. The van der Waals surface area contributed by atoms with Crippen LogP contribution in [0.4, 0.5) is 0 Å². The molecule has 0 aromatic carbocycles. The molecule has 0 aliphatic carbocycles. The van der Waals surface area contributed by atoms with Crippen LogP contribution in [0.15, 0.2) is 0 Å². The van der Waals surface area contributed by atoms with E-state index < -0.39 is 0 Å². The van der Waals surface area contributed by atoms with Crippen LogP contribution in [0.3, 0.4) is 0 Å². The number of rotatable bonds is 3. The molecule has 1 saturated heterocycles. The number of carbonyl (C=O) groups is 2. The van der Waals surface area contributed by atoms with Gasteiger partial charge in [-0.15, -0.1) is 0 Å². The lowest BCUT2D eigenvalue weighted by Gasteiger charge is -2.30. The van der Waals surface area contributed by atoms with Crippen molar-refractivity contribution >= 4 is 11.8 Å². The minimum absolute atomic E-state index is 0.0981. The summed E-state index contributed by atoms with van der Waals surface area (Å²) in [5.41, 5.74) is 0. The summed E-state index contributed by atoms with van der Waals surface area (Å²) in [6, 6.07) is -0.358. The summed E-state index contributed by atoms with van der Waals surface area (Å²) in [5.74, 6) is -0.170. The van der Waals surface area contributed by atoms with Crippen LogP contribution in [0.2, 0.25) is 0 Å². The lowest BCUT2D eigenvalue weighted by molar-refractivity contribution is -0.149. The first-order chi connectivity index (χ1) is 7.07. The van der Waals surface area contributed by atoms with E-state index in [2.05, 4.69) is 0 Å². The van der Waals surface area contributed by atoms with Crippen molar-refractivity contribution in [2.24, 2.45) is 5.92 Å². The van der Waals surface area contributed by atoms with Crippen molar-refractivity contribution in [1.82, 2.24) is 4.90 Å². The fraction of sp³-hybridized carbons (Fsp3) is 0.818. The van der Waals surface area contributed by atoms with Crippen LogP contribution in [0, 0.1) is 5.92 Å². The first kappa shape index (κ1) is 12.2. The first-order valence-electron chi connectivity index (χ1n) is 5.53. The Balaban J connectivity index is 2.85. The second-order valence-electron chi connectivity index (χ2n) is 4.36. The van der Waals surface area contributed by atoms with E-state index in [1.165, 1.54) is 4.90 Å². The zero-order chi connectivity index (χ0) is 11.4. The maximum atomic E-state index is 11.7. The Hall–Kier alpha value is -0.900. The fourth-order valence-corrected chi connectivity index (χ4v) is 1.89. The van der Waals surface area contributed by atoms with Gasteiger partial charge in [0.15, 0.2) is 0 Å². The Bertz CT molecular complexity index is 232. The van der Waals surface area contributed by atoms with Gasteiger partial charge in [0.1, 0.15) is 0 Å². The predicted molar refractivity (Wildman–Crippen MR) is 56.0 cm³/mol. The van der Waals surface area contributed by atoms with Gasteiger partial charge < -0.3 is 5.11 Å². The van der Waals surface area contributed by atoms with Crippen LogP contribution in [-0.2, 0) is 9.59 Å². The molecular formula is C11H19NO3. The van der Waals surface area contributed by atoms with Gasteiger partial charge in [0, 0.05) is 12.8 Å². The Morgan fingerprint density at radius 1 is 1.20 bits per heavy atom. The monoisotopic (exact) mass is 213 g/mol. The third-order valence-corrected chi connectivity index (χ3v) is 2.86. The normalized spacial score (nSPS) is 20.7. The maximum absolute atomic E-state index is 11.7. The largest absolute Gasteiger partial charge is 0.394 e. The highest BCUT2D eigenvalue weighted by Gasteiger charge is 2.32. The number of aliphatic hydroxyl groups is 1. The molecule has 15 heavy (non-hydrogen) atoms. The molecule has 0 unspecified atom stereocenters. The van der Waals surface area contributed by atoms with Gasteiger partial charge in [0.05, 0.1) is 12.6 Å². The molecule has 0 saturated carbocycles. The molecule has 0 bridgehead atoms. The van der Waals surface area contributed by atoms with E-state index in [9.17, 15) is 14.7 Å². The van der Waals surface area contributed by atoms with Crippen LogP contribution < -0.4 is 0 Å². The molecule has 2 amide bonds. The summed E-state index contributed by atoms with van der Waals surface area (Å²) in [7, 11) is 0. The van der Waals surface area contributed by atoms with Crippen LogP contribution in [0.25, 0.3) is 0 Å². The van der Waals surface area contributed by atoms with Crippen molar-refractivity contribution in [2.75, 3.05) is 6.61 Å². The molecule has 4 heteroatoms. The van der Waals surface area contributed by atoms with Crippen LogP contribution >= 0.6 is 0 Å². The highest BCUT2D eigenvalue weighted by Crippen LogP contribution is 2.19. The van der Waals surface area contributed by atoms with Gasteiger partial charge in [-0.2, -0.15) is 0 Å². The number of likely N-dealkylation sites (tertiary alicyclic amines) is 1. The highest BCUT2D eigenvalue weighted by molar-refractivity contribution is 5.96. The lowest BCUT2D eigenvalue weighted by atomic mass is 10.0. The number of imide groups is 1. The summed E-state index contributed by atoms with van der Waals surface area (Å²) < 4.78 is 0. The predicted octanol–water partition coefficient (Wildman–Crippen LogP) is 0.932. The topological polar surface area (TPSA) is 57.6 Å². The average molecular weight is 213 g/mol. The van der Waals surface area contributed by atoms with E-state index in [1.807, 2.05) is 13.8 Å². The zero-order valence-electron chi connectivity index (χ0n) is 9.40. The number of hydrogen-bond donors (Lipinski definition) is 1. The lowest BCUT2D eigenvalue weighted by Crippen LogP contribution is -2.48. The molecule has 0 aromatic rings. The molecule has 1 fully saturated rings. The minimum atomic E-state index is -0.358. The standard InChI is InChI=1S/C11H19NO3/c1-8(2)9(7-13)12-10(14)5-3-4-6-11(12)15/h8-9,13H,3-7H2,1-2H3/t9-/m0/s1. The average Bonchev–Trinajstić information content (AvgIpc) is 2.32. The summed E-state index contributed by atoms with van der Waals surface area (Å²) in [5, 5.41) is 9.23. The molecule has 1 rings (SSSR count). The number of amides is 2.